The highest BCUT2D eigenvalue weighted by molar-refractivity contribution is 5.98. The Balaban J connectivity index is 1.62. The molecule has 2 amide bonds. The Labute approximate surface area is 156 Å². The molecule has 1 aromatic heterocycles. The quantitative estimate of drug-likeness (QED) is 0.674. The van der Waals surface area contributed by atoms with E-state index in [0.717, 1.165) is 5.56 Å². The predicted molar refractivity (Wildman–Crippen MR) is 96.3 cm³/mol. The zero-order valence-electron chi connectivity index (χ0n) is 15.0. The first-order valence-electron chi connectivity index (χ1n) is 9.00. The molecule has 2 heterocycles. The fourth-order valence-electron chi connectivity index (χ4n) is 3.72. The molecule has 0 spiro atoms. The van der Waals surface area contributed by atoms with E-state index < -0.39 is 6.04 Å². The average molecular weight is 370 g/mol. The topological polar surface area (TPSA) is 105 Å². The molecule has 1 aromatic carbocycles. The van der Waals surface area contributed by atoms with E-state index in [1.807, 2.05) is 30.3 Å². The fraction of sp³-hybridized carbons (Fsp3) is 0.421. The van der Waals surface area contributed by atoms with Gasteiger partial charge in [-0.15, -0.1) is 0 Å². The minimum Gasteiger partial charge on any atom is -0.394 e. The van der Waals surface area contributed by atoms with Crippen molar-refractivity contribution in [2.45, 2.75) is 12.1 Å². The molecule has 0 bridgehead atoms. The second-order valence-electron chi connectivity index (χ2n) is 6.91. The van der Waals surface area contributed by atoms with Gasteiger partial charge in [-0.3, -0.25) is 9.59 Å². The van der Waals surface area contributed by atoms with Crippen LogP contribution in [-0.2, 0) is 4.74 Å². The summed E-state index contributed by atoms with van der Waals surface area (Å²) >= 11 is 0. The van der Waals surface area contributed by atoms with Crippen molar-refractivity contribution in [3.63, 3.8) is 0 Å². The molecule has 8 heteroatoms. The number of hydrogen-bond donors (Lipinski definition) is 3. The van der Waals surface area contributed by atoms with Gasteiger partial charge in [-0.25, -0.2) is 4.68 Å². The van der Waals surface area contributed by atoms with E-state index in [0.29, 0.717) is 25.0 Å². The van der Waals surface area contributed by atoms with Gasteiger partial charge in [0.05, 0.1) is 19.8 Å². The highest BCUT2D eigenvalue weighted by Gasteiger charge is 2.54. The number of ether oxygens (including phenoxy) is 1. The third-order valence-corrected chi connectivity index (χ3v) is 5.33. The summed E-state index contributed by atoms with van der Waals surface area (Å²) in [7, 11) is 1.52. The van der Waals surface area contributed by atoms with Gasteiger partial charge < -0.3 is 20.5 Å². The number of carbonyl (C=O) groups excluding carboxylic acids is 2. The first-order valence-corrected chi connectivity index (χ1v) is 9.00. The van der Waals surface area contributed by atoms with Crippen LogP contribution in [0.3, 0.4) is 0 Å². The Kier molecular flexibility index (Phi) is 4.67. The van der Waals surface area contributed by atoms with Crippen LogP contribution in [0.2, 0.25) is 0 Å². The Morgan fingerprint density at radius 3 is 2.59 bits per heavy atom. The number of fused-ring (bicyclic) bond motifs is 1. The summed E-state index contributed by atoms with van der Waals surface area (Å²) in [4.78, 5) is 24.9. The maximum atomic E-state index is 12.6. The van der Waals surface area contributed by atoms with Crippen molar-refractivity contribution in [1.29, 1.82) is 0 Å². The summed E-state index contributed by atoms with van der Waals surface area (Å²) in [5.41, 5.74) is 1.19. The van der Waals surface area contributed by atoms with E-state index in [4.69, 9.17) is 4.74 Å². The smallest absolute Gasteiger partial charge is 0.272 e. The Morgan fingerprint density at radius 2 is 1.96 bits per heavy atom. The van der Waals surface area contributed by atoms with Crippen LogP contribution in [0.4, 0.5) is 0 Å². The summed E-state index contributed by atoms with van der Waals surface area (Å²) in [6, 6.07) is 10.3. The van der Waals surface area contributed by atoms with Crippen molar-refractivity contribution in [1.82, 2.24) is 20.4 Å². The monoisotopic (exact) mass is 370 g/mol. The van der Waals surface area contributed by atoms with Gasteiger partial charge in [-0.2, -0.15) is 5.10 Å². The highest BCUT2D eigenvalue weighted by atomic mass is 16.5. The minimum atomic E-state index is -0.561. The number of benzene rings is 1. The number of aromatic nitrogens is 2. The van der Waals surface area contributed by atoms with Gasteiger partial charge in [-0.05, 0) is 5.56 Å². The number of rotatable bonds is 6. The molecule has 1 saturated carbocycles. The second kappa shape index (κ2) is 7.13. The highest BCUT2D eigenvalue weighted by Crippen LogP contribution is 2.44. The Hall–Kier alpha value is -2.71. The molecule has 3 N–H and O–H groups in total. The van der Waals surface area contributed by atoms with Crippen LogP contribution in [0, 0.1) is 11.8 Å². The van der Waals surface area contributed by atoms with Gasteiger partial charge in [0.25, 0.3) is 11.8 Å². The van der Waals surface area contributed by atoms with Gasteiger partial charge in [0.2, 0.25) is 0 Å². The molecule has 0 unspecified atom stereocenters. The first kappa shape index (κ1) is 17.7. The maximum Gasteiger partial charge on any atom is 0.272 e. The maximum absolute atomic E-state index is 12.6. The van der Waals surface area contributed by atoms with Crippen molar-refractivity contribution < 1.29 is 19.4 Å². The number of amides is 2. The van der Waals surface area contributed by atoms with Crippen molar-refractivity contribution in [3.05, 3.63) is 53.3 Å². The molecule has 2 fully saturated rings. The van der Waals surface area contributed by atoms with E-state index in [1.54, 1.807) is 0 Å². The van der Waals surface area contributed by atoms with Crippen molar-refractivity contribution in [2.75, 3.05) is 26.9 Å². The van der Waals surface area contributed by atoms with E-state index in [1.165, 1.54) is 17.8 Å². The third-order valence-electron chi connectivity index (χ3n) is 5.33. The van der Waals surface area contributed by atoms with Crippen LogP contribution in [0.1, 0.15) is 32.6 Å². The van der Waals surface area contributed by atoms with Gasteiger partial charge in [0.15, 0.2) is 5.69 Å². The number of aliphatic hydroxyl groups is 1. The van der Waals surface area contributed by atoms with E-state index in [9.17, 15) is 14.7 Å². The SMILES string of the molecule is CNC(=O)c1cc(C(=O)N[C@H]2[C@@H]3COC[C@@H]32)nn1[C@@H](CO)c1ccccc1. The number of nitrogens with one attached hydrogen (secondary N) is 2. The van der Waals surface area contributed by atoms with Crippen LogP contribution < -0.4 is 10.6 Å². The lowest BCUT2D eigenvalue weighted by atomic mass is 10.1. The molecule has 2 aliphatic rings. The van der Waals surface area contributed by atoms with Crippen LogP contribution in [0.25, 0.3) is 0 Å². The van der Waals surface area contributed by atoms with Gasteiger partial charge in [0.1, 0.15) is 11.7 Å². The standard InChI is InChI=1S/C19H22N4O4/c1-20-19(26)15-7-14(18(25)21-17-12-9-27-10-13(12)17)22-23(15)16(8-24)11-5-3-2-4-6-11/h2-7,12-13,16-17,24H,8-10H2,1H3,(H,20,26)(H,21,25)/t12-,13+,16-,17+/m0/s1. The molecule has 0 radical (unpaired) electrons. The number of carbonyl (C=O) groups is 2. The number of aliphatic hydroxyl groups excluding tert-OH is 1. The Morgan fingerprint density at radius 1 is 1.26 bits per heavy atom. The molecule has 2 aromatic rings. The number of hydrogen-bond acceptors (Lipinski definition) is 5. The molecule has 1 aliphatic carbocycles. The predicted octanol–water partition coefficient (Wildman–Crippen LogP) is 0.199. The lowest BCUT2D eigenvalue weighted by Gasteiger charge is -2.17. The minimum absolute atomic E-state index is 0.114. The summed E-state index contributed by atoms with van der Waals surface area (Å²) in [5, 5.41) is 19.8. The molecule has 4 atom stereocenters. The lowest BCUT2D eigenvalue weighted by Crippen LogP contribution is -2.30. The van der Waals surface area contributed by atoms with Gasteiger partial charge in [-0.1, -0.05) is 30.3 Å². The summed E-state index contributed by atoms with van der Waals surface area (Å²) in [6.07, 6.45) is 0. The fourth-order valence-corrected chi connectivity index (χ4v) is 3.72. The number of nitrogens with zero attached hydrogens (tertiary/aromatic N) is 2. The van der Waals surface area contributed by atoms with Gasteiger partial charge in [0, 0.05) is 31.0 Å². The largest absolute Gasteiger partial charge is 0.394 e. The van der Waals surface area contributed by atoms with Crippen molar-refractivity contribution in [3.8, 4) is 0 Å². The molecule has 1 saturated heterocycles. The molecule has 1 aliphatic heterocycles. The van der Waals surface area contributed by atoms with Crippen LogP contribution >= 0.6 is 0 Å². The average Bonchev–Trinajstić information content (AvgIpc) is 3.09. The van der Waals surface area contributed by atoms with E-state index >= 15 is 0 Å². The van der Waals surface area contributed by atoms with Crippen LogP contribution in [0.5, 0.6) is 0 Å². The van der Waals surface area contributed by atoms with Crippen molar-refractivity contribution in [2.24, 2.45) is 11.8 Å². The third kappa shape index (κ3) is 3.22. The first-order chi connectivity index (χ1) is 13.1. The van der Waals surface area contributed by atoms with E-state index in [-0.39, 0.29) is 35.9 Å². The zero-order valence-corrected chi connectivity index (χ0v) is 15.0. The Bertz CT molecular complexity index is 841. The van der Waals surface area contributed by atoms with E-state index in [2.05, 4.69) is 15.7 Å². The molecule has 8 nitrogen and oxygen atoms in total. The molecular formula is C19H22N4O4. The normalized spacial score (nSPS) is 24.1. The van der Waals surface area contributed by atoms with Crippen molar-refractivity contribution >= 4 is 11.8 Å². The molecular weight excluding hydrogens is 348 g/mol. The second-order valence-corrected chi connectivity index (χ2v) is 6.91. The molecule has 27 heavy (non-hydrogen) atoms. The zero-order chi connectivity index (χ0) is 19.0. The van der Waals surface area contributed by atoms with Crippen LogP contribution in [0.15, 0.2) is 36.4 Å². The summed E-state index contributed by atoms with van der Waals surface area (Å²) < 4.78 is 6.75. The van der Waals surface area contributed by atoms with Crippen LogP contribution in [-0.4, -0.2) is 59.6 Å². The molecule has 4 rings (SSSR count). The summed E-state index contributed by atoms with van der Waals surface area (Å²) in [5.74, 6) is 0.0728. The summed E-state index contributed by atoms with van der Waals surface area (Å²) in [6.45, 7) is 1.10. The molecule has 142 valence electrons. The lowest BCUT2D eigenvalue weighted by molar-refractivity contribution is 0.0919. The van der Waals surface area contributed by atoms with Gasteiger partial charge >= 0.3 is 0 Å².